The molecular formula is C90H138N2O12Si8. The van der Waals surface area contributed by atoms with E-state index in [9.17, 15) is 9.59 Å². The molecule has 7 rings (SSSR count). The third-order valence-electron chi connectivity index (χ3n) is 18.1. The van der Waals surface area contributed by atoms with Crippen LogP contribution in [0.15, 0.2) is 218 Å². The van der Waals surface area contributed by atoms with Gasteiger partial charge in [-0.25, -0.2) is 0 Å². The van der Waals surface area contributed by atoms with Crippen LogP contribution < -0.4 is 10.6 Å². The summed E-state index contributed by atoms with van der Waals surface area (Å²) in [6.45, 7) is 42.4. The summed E-state index contributed by atoms with van der Waals surface area (Å²) < 4.78 is 64.1. The summed E-state index contributed by atoms with van der Waals surface area (Å²) in [7, 11) is -17.6. The van der Waals surface area contributed by atoms with Crippen molar-refractivity contribution >= 4 is 116 Å². The molecule has 0 radical (unpaired) electrons. The highest BCUT2D eigenvalue weighted by atomic mass is 28.5. The predicted molar refractivity (Wildman–Crippen MR) is 492 cm³/mol. The van der Waals surface area contributed by atoms with Gasteiger partial charge in [-0.1, -0.05) is 231 Å². The van der Waals surface area contributed by atoms with Crippen molar-refractivity contribution in [3.8, 4) is 0 Å². The van der Waals surface area contributed by atoms with E-state index in [4.69, 9.17) is 43.6 Å². The number of ether oxygens (including phenoxy) is 4. The molecule has 112 heavy (non-hydrogen) atoms. The Balaban J connectivity index is 0.000000313. The molecule has 22 heteroatoms. The normalized spacial score (nSPS) is 15.0. The molecule has 1 aliphatic carbocycles. The fraction of sp³-hybridized carbons (Fsp3) is 0.444. The van der Waals surface area contributed by atoms with Crippen molar-refractivity contribution in [1.82, 2.24) is 10.6 Å². The zero-order valence-electron chi connectivity index (χ0n) is 70.9. The lowest BCUT2D eigenvalue weighted by Crippen LogP contribution is -2.60. The van der Waals surface area contributed by atoms with Crippen LogP contribution in [0.2, 0.25) is 129 Å². The Kier molecular flexibility index (Phi) is 44.8. The minimum atomic E-state index is -2.55. The Labute approximate surface area is 684 Å². The highest BCUT2D eigenvalue weighted by Crippen LogP contribution is 2.32. The maximum absolute atomic E-state index is 12.0. The van der Waals surface area contributed by atoms with Crippen LogP contribution in [0.4, 0.5) is 0 Å². The van der Waals surface area contributed by atoms with Gasteiger partial charge in [0.1, 0.15) is 0 Å². The fourth-order valence-electron chi connectivity index (χ4n) is 13.8. The predicted octanol–water partition coefficient (Wildman–Crippen LogP) is 22.6. The van der Waals surface area contributed by atoms with E-state index in [1.54, 1.807) is 12.2 Å². The maximum Gasteiger partial charge on any atom is 0.314 e. The summed E-state index contributed by atoms with van der Waals surface area (Å²) in [5.74, 6) is 1.29. The SMILES string of the molecule is C(=C\c1ccccc1)/COCC1CCC(COC/C=C/c2ccccc2)CC1.C[Si](C)(CCCNC(=O)/C=C/c1ccccc1)O[Si](C)(C)CCCNC(=O)/C=C/c1ccccc1.C[Si](C)(CCCOC/C=C/c1ccccc1)O[Si](C)(C)O[Si](C)(C)O[Si](C)(C)O[Si](C)(C)O[Si](C)(C)CCCOC/C=C/c1ccccc1. The minimum absolute atomic E-state index is 0.0652. The molecule has 0 bridgehead atoms. The van der Waals surface area contributed by atoms with Gasteiger partial charge in [-0.2, -0.15) is 0 Å². The van der Waals surface area contributed by atoms with Gasteiger partial charge >= 0.3 is 34.2 Å². The maximum atomic E-state index is 12.0. The molecule has 0 unspecified atom stereocenters. The lowest BCUT2D eigenvalue weighted by Gasteiger charge is -2.43. The molecule has 612 valence electrons. The molecule has 0 spiro atoms. The molecule has 0 aliphatic heterocycles. The zero-order valence-corrected chi connectivity index (χ0v) is 78.9. The van der Waals surface area contributed by atoms with Crippen LogP contribution in [0.3, 0.4) is 0 Å². The van der Waals surface area contributed by atoms with Gasteiger partial charge in [0.25, 0.3) is 0 Å². The number of hydrogen-bond donors (Lipinski definition) is 2. The van der Waals surface area contributed by atoms with Crippen LogP contribution in [-0.4, -0.2) is 145 Å². The van der Waals surface area contributed by atoms with Crippen molar-refractivity contribution in [2.45, 2.75) is 180 Å². The number of rotatable bonds is 48. The number of nitrogens with one attached hydrogen (secondary N) is 2. The quantitative estimate of drug-likeness (QED) is 0.0213. The Morgan fingerprint density at radius 2 is 0.536 bits per heavy atom. The molecule has 6 aromatic carbocycles. The largest absolute Gasteiger partial charge is 0.455 e. The van der Waals surface area contributed by atoms with Crippen molar-refractivity contribution < 1.29 is 53.2 Å². The molecule has 1 saturated carbocycles. The van der Waals surface area contributed by atoms with Crippen molar-refractivity contribution in [2.75, 3.05) is 65.9 Å². The van der Waals surface area contributed by atoms with Crippen molar-refractivity contribution in [3.05, 3.63) is 252 Å². The number of benzene rings is 6. The van der Waals surface area contributed by atoms with E-state index in [0.717, 1.165) is 87.4 Å². The van der Waals surface area contributed by atoms with Gasteiger partial charge in [-0.3, -0.25) is 9.59 Å². The van der Waals surface area contributed by atoms with Gasteiger partial charge in [0.2, 0.25) is 11.8 Å². The van der Waals surface area contributed by atoms with Crippen LogP contribution in [0.5, 0.6) is 0 Å². The third-order valence-corrected chi connectivity index (χ3v) is 48.9. The summed E-state index contributed by atoms with van der Waals surface area (Å²) in [6, 6.07) is 65.0. The lowest BCUT2D eigenvalue weighted by atomic mass is 9.83. The highest BCUT2D eigenvalue weighted by Gasteiger charge is 2.47. The Morgan fingerprint density at radius 1 is 0.304 bits per heavy atom. The Bertz CT molecular complexity index is 3470. The summed E-state index contributed by atoms with van der Waals surface area (Å²) in [4.78, 5) is 24.1. The Hall–Kier alpha value is -5.96. The van der Waals surface area contributed by atoms with Gasteiger partial charge in [0.15, 0.2) is 33.3 Å². The van der Waals surface area contributed by atoms with E-state index in [1.807, 2.05) is 121 Å². The highest BCUT2D eigenvalue weighted by molar-refractivity contribution is 6.91. The summed E-state index contributed by atoms with van der Waals surface area (Å²) in [5, 5.41) is 5.94. The Morgan fingerprint density at radius 3 is 0.812 bits per heavy atom. The zero-order chi connectivity index (χ0) is 81.5. The molecule has 1 aliphatic rings. The van der Waals surface area contributed by atoms with Crippen molar-refractivity contribution in [3.63, 3.8) is 0 Å². The van der Waals surface area contributed by atoms with Gasteiger partial charge in [-0.05, 0) is 238 Å². The molecule has 14 nitrogen and oxygen atoms in total. The molecule has 1 fully saturated rings. The van der Waals surface area contributed by atoms with E-state index in [0.29, 0.717) is 51.4 Å². The average molecular weight is 1660 g/mol. The summed E-state index contributed by atoms with van der Waals surface area (Å²) in [6.07, 6.45) is 32.5. The van der Waals surface area contributed by atoms with Gasteiger partial charge < -0.3 is 54.3 Å². The lowest BCUT2D eigenvalue weighted by molar-refractivity contribution is -0.117. The number of carbonyl (C=O) groups excluding carboxylic acids is 2. The van der Waals surface area contributed by atoms with Crippen LogP contribution in [0.25, 0.3) is 36.5 Å². The second-order valence-electron chi connectivity index (χ2n) is 33.1. The fourth-order valence-corrected chi connectivity index (χ4v) is 52.5. The van der Waals surface area contributed by atoms with E-state index in [2.05, 4.69) is 237 Å². The standard InChI is InChI=1S/C36H66O7Si6.C28H40N2O3Si2.C26H32O2/c1-44(2,33-21-31-37-29-19-27-35-23-15-13-16-24-35)39-46(5,6)41-48(9,10)43-49(11,12)42-47(7,8)40-45(3,4)34-22-32-38-30-20-28-36-25-17-14-18-26-36;1-34(2,23-11-21-29-27(31)19-17-25-13-7-5-8-14-25)33-35(3,4)24-12-22-30-28(32)20-18-26-15-9-6-10-16-26;1-3-9-23(10-4-1)13-7-19-27-21-25-15-17-26(18-16-25)22-28-20-8-14-24-11-5-2-6-12-24/h13-20,23-28H,21-22,29-34H2,1-12H3;5-10,13-20H,11-12,21-24H2,1-4H3,(H,29,31)(H,30,32);1-14,25-26H,15-22H2/b27-19+,28-20+;19-17+,20-18+;13-7+,14-8+. The molecule has 0 aromatic heterocycles. The van der Waals surface area contributed by atoms with E-state index in [1.165, 1.54) is 47.9 Å². The summed E-state index contributed by atoms with van der Waals surface area (Å²) in [5.41, 5.74) is 6.86. The first-order valence-corrected chi connectivity index (χ1v) is 64.4. The molecule has 0 heterocycles. The monoisotopic (exact) mass is 1660 g/mol. The molecule has 2 N–H and O–H groups in total. The van der Waals surface area contributed by atoms with Crippen LogP contribution in [0, 0.1) is 11.8 Å². The molecule has 6 aromatic rings. The van der Waals surface area contributed by atoms with E-state index in [-0.39, 0.29) is 11.8 Å². The van der Waals surface area contributed by atoms with Crippen LogP contribution >= 0.6 is 0 Å². The van der Waals surface area contributed by atoms with Crippen molar-refractivity contribution in [2.24, 2.45) is 11.8 Å². The van der Waals surface area contributed by atoms with Crippen molar-refractivity contribution in [1.29, 1.82) is 0 Å². The molecule has 0 atom stereocenters. The van der Waals surface area contributed by atoms with Gasteiger partial charge in [0.05, 0.1) is 26.4 Å². The third kappa shape index (κ3) is 47.8. The number of carbonyl (C=O) groups is 2. The van der Waals surface area contributed by atoms with Gasteiger partial charge in [0, 0.05) is 51.7 Å². The number of amides is 2. The van der Waals surface area contributed by atoms with E-state index >= 15 is 0 Å². The van der Waals surface area contributed by atoms with Crippen LogP contribution in [-0.2, 0) is 53.2 Å². The second kappa shape index (κ2) is 51.9. The van der Waals surface area contributed by atoms with Gasteiger partial charge in [-0.15, -0.1) is 0 Å². The van der Waals surface area contributed by atoms with E-state index < -0.39 is 67.5 Å². The first-order valence-electron chi connectivity index (χ1n) is 40.6. The average Bonchev–Trinajstić information content (AvgIpc) is 0.808. The first-order chi connectivity index (χ1) is 53.2. The summed E-state index contributed by atoms with van der Waals surface area (Å²) >= 11 is 0. The molecule has 0 saturated heterocycles. The second-order valence-corrected chi connectivity index (χ2v) is 65.3. The minimum Gasteiger partial charge on any atom is -0.455 e. The molecule has 2 amide bonds. The smallest absolute Gasteiger partial charge is 0.314 e. The topological polar surface area (TPSA) is 150 Å². The van der Waals surface area contributed by atoms with Crippen LogP contribution in [0.1, 0.15) is 84.7 Å². The molecular weight excluding hydrogens is 1530 g/mol. The first kappa shape index (κ1) is 96.6. The number of hydrogen-bond acceptors (Lipinski definition) is 12.